The Bertz CT molecular complexity index is 1240. The number of fused-ring (bicyclic) bond motifs is 2. The molecule has 0 amide bonds. The molecular weight excluding hydrogens is 408 g/mol. The number of aromatic amines is 1. The molecule has 0 saturated heterocycles. The van der Waals surface area contributed by atoms with E-state index in [0.29, 0.717) is 38.2 Å². The normalized spacial score (nSPS) is 10.8. The summed E-state index contributed by atoms with van der Waals surface area (Å²) in [6.45, 7) is -0.556. The van der Waals surface area contributed by atoms with Crippen molar-refractivity contribution in [3.8, 4) is 0 Å². The minimum absolute atomic E-state index is 0.0945. The molecule has 5 N–H and O–H groups in total. The molecule has 0 saturated carbocycles. The Labute approximate surface area is 176 Å². The van der Waals surface area contributed by atoms with E-state index in [1.165, 1.54) is 6.07 Å². The highest BCUT2D eigenvalue weighted by Crippen LogP contribution is 2.25. The molecule has 30 heavy (non-hydrogen) atoms. The Morgan fingerprint density at radius 2 is 1.37 bits per heavy atom. The third kappa shape index (κ3) is 4.51. The van der Waals surface area contributed by atoms with Gasteiger partial charge >= 0.3 is 0 Å². The first kappa shape index (κ1) is 21.9. The minimum Gasteiger partial charge on any atom is -0.392 e. The molecule has 0 aliphatic carbocycles. The number of hydrogen-bond donors (Lipinski definition) is 5. The van der Waals surface area contributed by atoms with Crippen LogP contribution >= 0.6 is 11.6 Å². The fourth-order valence-corrected chi connectivity index (χ4v) is 3.35. The van der Waals surface area contributed by atoms with E-state index in [4.69, 9.17) is 32.0 Å². The molecule has 0 aliphatic heterocycles. The number of pyridine rings is 2. The van der Waals surface area contributed by atoms with Crippen LogP contribution < -0.4 is 5.43 Å². The van der Waals surface area contributed by atoms with Crippen molar-refractivity contribution in [2.75, 3.05) is 0 Å². The SMILES string of the molecule is O=c1cc[nH]c2cc(CO)c(CO)cc12.OCc1cc2nccc(Cl)c2cc1CO. The number of aromatic nitrogens is 2. The van der Waals surface area contributed by atoms with Crippen molar-refractivity contribution in [1.29, 1.82) is 0 Å². The molecule has 4 aromatic rings. The number of aliphatic hydroxyl groups is 4. The first-order valence-electron chi connectivity index (χ1n) is 9.15. The van der Waals surface area contributed by atoms with Gasteiger partial charge in [0.1, 0.15) is 0 Å². The fourth-order valence-electron chi connectivity index (χ4n) is 3.15. The van der Waals surface area contributed by atoms with Crippen LogP contribution in [0.15, 0.2) is 53.6 Å². The predicted molar refractivity (Wildman–Crippen MR) is 115 cm³/mol. The van der Waals surface area contributed by atoms with Gasteiger partial charge in [-0.2, -0.15) is 0 Å². The zero-order valence-corrected chi connectivity index (χ0v) is 16.7. The number of halogens is 1. The van der Waals surface area contributed by atoms with Crippen molar-refractivity contribution >= 4 is 33.4 Å². The Morgan fingerprint density at radius 1 is 0.800 bits per heavy atom. The molecule has 8 heteroatoms. The topological polar surface area (TPSA) is 127 Å². The van der Waals surface area contributed by atoms with Gasteiger partial charge in [0.25, 0.3) is 0 Å². The highest BCUT2D eigenvalue weighted by atomic mass is 35.5. The lowest BCUT2D eigenvalue weighted by molar-refractivity contribution is 0.260. The van der Waals surface area contributed by atoms with Crippen LogP contribution in [-0.4, -0.2) is 30.4 Å². The Kier molecular flexibility index (Phi) is 7.15. The first-order chi connectivity index (χ1) is 14.5. The summed E-state index contributed by atoms with van der Waals surface area (Å²) in [5.41, 5.74) is 3.88. The van der Waals surface area contributed by atoms with E-state index in [9.17, 15) is 4.79 Å². The van der Waals surface area contributed by atoms with E-state index in [2.05, 4.69) is 9.97 Å². The lowest BCUT2D eigenvalue weighted by Gasteiger charge is -2.07. The van der Waals surface area contributed by atoms with E-state index >= 15 is 0 Å². The summed E-state index contributed by atoms with van der Waals surface area (Å²) in [6.07, 6.45) is 3.18. The second-order valence-electron chi connectivity index (χ2n) is 6.57. The molecule has 2 aromatic carbocycles. The van der Waals surface area contributed by atoms with Crippen LogP contribution in [0.2, 0.25) is 5.02 Å². The van der Waals surface area contributed by atoms with Gasteiger partial charge < -0.3 is 25.4 Å². The Hall–Kier alpha value is -2.81. The Balaban J connectivity index is 0.000000171. The zero-order chi connectivity index (χ0) is 21.7. The van der Waals surface area contributed by atoms with Crippen LogP contribution in [0, 0.1) is 0 Å². The van der Waals surface area contributed by atoms with Gasteiger partial charge in [0.2, 0.25) is 0 Å². The number of rotatable bonds is 4. The molecule has 0 spiro atoms. The van der Waals surface area contributed by atoms with Crippen molar-refractivity contribution in [2.45, 2.75) is 26.4 Å². The van der Waals surface area contributed by atoms with Crippen LogP contribution in [0.25, 0.3) is 21.8 Å². The minimum atomic E-state index is -0.180. The lowest BCUT2D eigenvalue weighted by atomic mass is 10.0. The summed E-state index contributed by atoms with van der Waals surface area (Å²) in [5, 5.41) is 38.3. The number of aliphatic hydroxyl groups excluding tert-OH is 4. The summed E-state index contributed by atoms with van der Waals surface area (Å²) in [4.78, 5) is 18.6. The second kappa shape index (κ2) is 9.80. The van der Waals surface area contributed by atoms with Gasteiger partial charge in [-0.05, 0) is 52.6 Å². The maximum atomic E-state index is 11.5. The van der Waals surface area contributed by atoms with E-state index in [1.807, 2.05) is 0 Å². The molecule has 0 bridgehead atoms. The van der Waals surface area contributed by atoms with Crippen molar-refractivity contribution in [1.82, 2.24) is 9.97 Å². The van der Waals surface area contributed by atoms with E-state index in [0.717, 1.165) is 10.9 Å². The van der Waals surface area contributed by atoms with Gasteiger partial charge in [-0.3, -0.25) is 9.78 Å². The van der Waals surface area contributed by atoms with Crippen molar-refractivity contribution in [3.05, 3.63) is 86.3 Å². The van der Waals surface area contributed by atoms with E-state index < -0.39 is 0 Å². The van der Waals surface area contributed by atoms with Crippen molar-refractivity contribution in [3.63, 3.8) is 0 Å². The average Bonchev–Trinajstić information content (AvgIpc) is 2.78. The monoisotopic (exact) mass is 428 g/mol. The largest absolute Gasteiger partial charge is 0.392 e. The van der Waals surface area contributed by atoms with Gasteiger partial charge in [0, 0.05) is 34.7 Å². The van der Waals surface area contributed by atoms with E-state index in [-0.39, 0.29) is 31.9 Å². The quantitative estimate of drug-likeness (QED) is 0.339. The van der Waals surface area contributed by atoms with Crippen LogP contribution in [0.1, 0.15) is 22.3 Å². The first-order valence-corrected chi connectivity index (χ1v) is 9.52. The summed E-state index contributed by atoms with van der Waals surface area (Å²) >= 11 is 6.00. The number of H-pyrrole nitrogens is 1. The van der Waals surface area contributed by atoms with Crippen LogP contribution in [0.5, 0.6) is 0 Å². The Morgan fingerprint density at radius 3 is 2.00 bits per heavy atom. The molecule has 0 fully saturated rings. The molecule has 0 unspecified atom stereocenters. The van der Waals surface area contributed by atoms with Gasteiger partial charge in [-0.25, -0.2) is 0 Å². The van der Waals surface area contributed by atoms with Gasteiger partial charge in [-0.1, -0.05) is 11.6 Å². The summed E-state index contributed by atoms with van der Waals surface area (Å²) in [5.74, 6) is 0. The van der Waals surface area contributed by atoms with E-state index in [1.54, 1.807) is 42.7 Å². The molecule has 0 radical (unpaired) electrons. The summed E-state index contributed by atoms with van der Waals surface area (Å²) in [7, 11) is 0. The number of benzene rings is 2. The maximum absolute atomic E-state index is 11.5. The molecule has 156 valence electrons. The number of nitrogens with one attached hydrogen (secondary N) is 1. The predicted octanol–water partition coefficient (Wildman–Crippen LogP) is 2.39. The smallest absolute Gasteiger partial charge is 0.189 e. The van der Waals surface area contributed by atoms with Crippen LogP contribution in [-0.2, 0) is 26.4 Å². The third-order valence-electron chi connectivity index (χ3n) is 4.77. The standard InChI is InChI=1S/C11H10ClNO2.C11H11NO3/c12-10-1-2-13-11-4-8(6-15)7(5-14)3-9(10)11;13-5-7-3-9-10(4-8(7)6-14)12-2-1-11(9)15/h1-4,14-15H,5-6H2;1-4,13-14H,5-6H2,(H,12,15). The van der Waals surface area contributed by atoms with Gasteiger partial charge in [-0.15, -0.1) is 0 Å². The van der Waals surface area contributed by atoms with Crippen LogP contribution in [0.4, 0.5) is 0 Å². The number of hydrogen-bond acceptors (Lipinski definition) is 6. The number of nitrogens with zero attached hydrogens (tertiary/aromatic N) is 1. The molecule has 4 rings (SSSR count). The lowest BCUT2D eigenvalue weighted by Crippen LogP contribution is -2.03. The molecule has 7 nitrogen and oxygen atoms in total. The highest BCUT2D eigenvalue weighted by Gasteiger charge is 2.07. The third-order valence-corrected chi connectivity index (χ3v) is 5.10. The molecule has 0 aliphatic rings. The van der Waals surface area contributed by atoms with Gasteiger partial charge in [0.15, 0.2) is 5.43 Å². The fraction of sp³-hybridized carbons (Fsp3) is 0.182. The molecule has 0 atom stereocenters. The summed E-state index contributed by atoms with van der Waals surface area (Å²) < 4.78 is 0. The molecule has 2 heterocycles. The van der Waals surface area contributed by atoms with Crippen molar-refractivity contribution in [2.24, 2.45) is 0 Å². The van der Waals surface area contributed by atoms with Crippen molar-refractivity contribution < 1.29 is 20.4 Å². The molecular formula is C22H21ClN2O5. The van der Waals surface area contributed by atoms with Gasteiger partial charge in [0.05, 0.1) is 37.0 Å². The maximum Gasteiger partial charge on any atom is 0.189 e. The van der Waals surface area contributed by atoms with Crippen LogP contribution in [0.3, 0.4) is 0 Å². The molecule has 2 aromatic heterocycles. The summed E-state index contributed by atoms with van der Waals surface area (Å²) in [6, 6.07) is 9.93. The average molecular weight is 429 g/mol. The zero-order valence-electron chi connectivity index (χ0n) is 16.0. The highest BCUT2D eigenvalue weighted by molar-refractivity contribution is 6.35. The second-order valence-corrected chi connectivity index (χ2v) is 6.98.